The van der Waals surface area contributed by atoms with Crippen molar-refractivity contribution >= 4 is 5.97 Å². The van der Waals surface area contributed by atoms with Crippen LogP contribution < -0.4 is 11.2 Å². The lowest BCUT2D eigenvalue weighted by Crippen LogP contribution is -2.33. The van der Waals surface area contributed by atoms with Crippen LogP contribution in [0.4, 0.5) is 4.39 Å². The maximum atomic E-state index is 13.3. The topological polar surface area (TPSA) is 134 Å². The molecule has 0 bridgehead atoms. The van der Waals surface area contributed by atoms with Crippen molar-refractivity contribution in [2.24, 2.45) is 0 Å². The molecule has 0 radical (unpaired) electrons. The maximum absolute atomic E-state index is 13.3. The van der Waals surface area contributed by atoms with E-state index >= 15 is 0 Å². The number of rotatable bonds is 6. The predicted molar refractivity (Wildman–Crippen MR) is 124 cm³/mol. The van der Waals surface area contributed by atoms with Gasteiger partial charge < -0.3 is 9.47 Å². The van der Waals surface area contributed by atoms with Crippen molar-refractivity contribution < 1.29 is 18.7 Å². The number of nitrogens with one attached hydrogen (secondary N) is 1. The van der Waals surface area contributed by atoms with E-state index in [0.717, 1.165) is 0 Å². The zero-order valence-electron chi connectivity index (χ0n) is 19.1. The molecule has 0 amide bonds. The molecular weight excluding hydrogens is 471 g/mol. The number of H-pyrrole nitrogens is 1. The average Bonchev–Trinajstić information content (AvgIpc) is 3.53. The molecule has 0 unspecified atom stereocenters. The summed E-state index contributed by atoms with van der Waals surface area (Å²) >= 11 is 0. The molecule has 1 fully saturated rings. The fraction of sp³-hybridized carbons (Fsp3) is 0.250. The summed E-state index contributed by atoms with van der Waals surface area (Å²) in [6.07, 6.45) is 0.147. The lowest BCUT2D eigenvalue weighted by atomic mass is 10.1. The van der Waals surface area contributed by atoms with E-state index in [0.29, 0.717) is 16.7 Å². The Kier molecular flexibility index (Phi) is 6.25. The van der Waals surface area contributed by atoms with Crippen LogP contribution in [0.1, 0.15) is 34.6 Å². The highest BCUT2D eigenvalue weighted by Crippen LogP contribution is 2.36. The Hall–Kier alpha value is -4.45. The third kappa shape index (κ3) is 4.70. The Bertz CT molecular complexity index is 1500. The summed E-state index contributed by atoms with van der Waals surface area (Å²) in [6, 6.07) is 13.6. The van der Waals surface area contributed by atoms with E-state index in [1.54, 1.807) is 37.3 Å². The first-order valence-corrected chi connectivity index (χ1v) is 11.1. The van der Waals surface area contributed by atoms with Crippen molar-refractivity contribution in [1.82, 2.24) is 29.8 Å². The minimum Gasteiger partial charge on any atom is -0.459 e. The number of tetrazole rings is 1. The molecule has 4 aromatic rings. The number of carbonyl (C=O) groups excluding carboxylic acids is 1. The van der Waals surface area contributed by atoms with Gasteiger partial charge in [0.2, 0.25) is 5.82 Å². The quantitative estimate of drug-likeness (QED) is 0.404. The number of ether oxygens (including phenoxy) is 2. The molecule has 184 valence electrons. The molecule has 2 aromatic carbocycles. The third-order valence-corrected chi connectivity index (χ3v) is 5.88. The highest BCUT2D eigenvalue weighted by atomic mass is 19.1. The minimum absolute atomic E-state index is 0.139. The average molecular weight is 492 g/mol. The predicted octanol–water partition coefficient (Wildman–Crippen LogP) is 2.02. The second-order valence-electron chi connectivity index (χ2n) is 8.32. The van der Waals surface area contributed by atoms with Gasteiger partial charge in [-0.15, -0.1) is 10.2 Å². The fourth-order valence-corrected chi connectivity index (χ4v) is 3.97. The number of benzene rings is 2. The molecule has 0 saturated carbocycles. The van der Waals surface area contributed by atoms with Gasteiger partial charge in [-0.25, -0.2) is 14.0 Å². The van der Waals surface area contributed by atoms with E-state index in [9.17, 15) is 18.8 Å². The van der Waals surface area contributed by atoms with E-state index in [4.69, 9.17) is 9.47 Å². The summed E-state index contributed by atoms with van der Waals surface area (Å²) in [5.41, 5.74) is 0.174. The Morgan fingerprint density at radius 3 is 2.67 bits per heavy atom. The number of aromatic nitrogens is 6. The zero-order chi connectivity index (χ0) is 25.2. The Morgan fingerprint density at radius 1 is 1.17 bits per heavy atom. The van der Waals surface area contributed by atoms with Crippen LogP contribution in [0.15, 0.2) is 70.4 Å². The monoisotopic (exact) mass is 492 g/mol. The largest absolute Gasteiger partial charge is 0.459 e. The standard InChI is InChI=1S/C24H21FN6O5/c1-14-12-30(24(34)26-22(14)32)20-11-18(19(36-20)13-35-23(33)16-5-3-2-4-6-16)31-28-21(27-29-31)15-7-9-17(25)10-8-15/h2-10,12,18-20H,11,13H2,1H3,(H,26,32,34)/t18-,19+,20-/m0/s1. The molecule has 2 aromatic heterocycles. The summed E-state index contributed by atoms with van der Waals surface area (Å²) in [7, 11) is 0. The molecule has 0 spiro atoms. The first-order valence-electron chi connectivity index (χ1n) is 11.1. The van der Waals surface area contributed by atoms with Gasteiger partial charge in [0.25, 0.3) is 5.56 Å². The second-order valence-corrected chi connectivity index (χ2v) is 8.32. The normalized spacial score (nSPS) is 19.3. The number of aryl methyl sites for hydroxylation is 1. The van der Waals surface area contributed by atoms with E-state index in [2.05, 4.69) is 20.4 Å². The van der Waals surface area contributed by atoms with E-state index < -0.39 is 35.6 Å². The Balaban J connectivity index is 1.42. The van der Waals surface area contributed by atoms with E-state index in [-0.39, 0.29) is 24.7 Å². The SMILES string of the molecule is Cc1cn([C@@H]2C[C@H](n3nnc(-c4ccc(F)cc4)n3)[C@@H](COC(=O)c3ccccc3)O2)c(=O)[nH]c1=O. The lowest BCUT2D eigenvalue weighted by molar-refractivity contribution is -0.0419. The van der Waals surface area contributed by atoms with Gasteiger partial charge in [-0.1, -0.05) is 18.2 Å². The van der Waals surface area contributed by atoms with Crippen molar-refractivity contribution in [2.75, 3.05) is 6.61 Å². The summed E-state index contributed by atoms with van der Waals surface area (Å²) in [6.45, 7) is 1.44. The van der Waals surface area contributed by atoms with Gasteiger partial charge in [0.15, 0.2) is 0 Å². The van der Waals surface area contributed by atoms with Crippen LogP contribution >= 0.6 is 0 Å². The number of hydrogen-bond acceptors (Lipinski definition) is 8. The first-order chi connectivity index (χ1) is 17.4. The second kappa shape index (κ2) is 9.66. The van der Waals surface area contributed by atoms with Crippen molar-refractivity contribution in [3.63, 3.8) is 0 Å². The summed E-state index contributed by atoms with van der Waals surface area (Å²) in [5.74, 6) is -0.646. The van der Waals surface area contributed by atoms with Gasteiger partial charge >= 0.3 is 11.7 Å². The van der Waals surface area contributed by atoms with E-state index in [1.807, 2.05) is 0 Å². The summed E-state index contributed by atoms with van der Waals surface area (Å²) < 4.78 is 26.2. The number of esters is 1. The fourth-order valence-electron chi connectivity index (χ4n) is 3.97. The van der Waals surface area contributed by atoms with Gasteiger partial charge in [0.1, 0.15) is 30.8 Å². The van der Waals surface area contributed by atoms with Gasteiger partial charge in [-0.05, 0) is 48.5 Å². The van der Waals surface area contributed by atoms with E-state index in [1.165, 1.54) is 39.8 Å². The molecule has 0 aliphatic carbocycles. The zero-order valence-corrected chi connectivity index (χ0v) is 19.1. The number of halogens is 1. The van der Waals surface area contributed by atoms with Crippen LogP contribution in [-0.2, 0) is 9.47 Å². The van der Waals surface area contributed by atoms with Crippen molar-refractivity contribution in [3.05, 3.63) is 98.6 Å². The lowest BCUT2D eigenvalue weighted by Gasteiger charge is -2.17. The highest BCUT2D eigenvalue weighted by Gasteiger charge is 2.40. The van der Waals surface area contributed by atoms with Crippen molar-refractivity contribution in [3.8, 4) is 11.4 Å². The Labute approximate surface area is 203 Å². The van der Waals surface area contributed by atoms with Crippen LogP contribution in [-0.4, -0.2) is 48.4 Å². The first kappa shape index (κ1) is 23.3. The molecule has 3 heterocycles. The van der Waals surface area contributed by atoms with Crippen LogP contribution in [0.5, 0.6) is 0 Å². The van der Waals surface area contributed by atoms with Gasteiger partial charge in [0, 0.05) is 23.7 Å². The maximum Gasteiger partial charge on any atom is 0.338 e. The number of carbonyl (C=O) groups is 1. The van der Waals surface area contributed by atoms with Crippen LogP contribution in [0, 0.1) is 12.7 Å². The van der Waals surface area contributed by atoms with Gasteiger partial charge in [0.05, 0.1) is 5.56 Å². The molecule has 1 saturated heterocycles. The minimum atomic E-state index is -0.779. The number of aromatic amines is 1. The number of nitrogens with zero attached hydrogens (tertiary/aromatic N) is 5. The van der Waals surface area contributed by atoms with Crippen LogP contribution in [0.3, 0.4) is 0 Å². The molecule has 1 aliphatic heterocycles. The number of hydrogen-bond donors (Lipinski definition) is 1. The smallest absolute Gasteiger partial charge is 0.338 e. The van der Waals surface area contributed by atoms with Crippen molar-refractivity contribution in [1.29, 1.82) is 0 Å². The molecule has 36 heavy (non-hydrogen) atoms. The highest BCUT2D eigenvalue weighted by molar-refractivity contribution is 5.89. The molecule has 11 nitrogen and oxygen atoms in total. The summed E-state index contributed by atoms with van der Waals surface area (Å²) in [4.78, 5) is 40.4. The molecule has 3 atom stereocenters. The molecular formula is C24H21FN6O5. The molecule has 5 rings (SSSR count). The van der Waals surface area contributed by atoms with Crippen LogP contribution in [0.25, 0.3) is 11.4 Å². The molecule has 12 heteroatoms. The van der Waals surface area contributed by atoms with Crippen LogP contribution in [0.2, 0.25) is 0 Å². The van der Waals surface area contributed by atoms with Crippen molar-refractivity contribution in [2.45, 2.75) is 31.7 Å². The van der Waals surface area contributed by atoms with Gasteiger partial charge in [-0.3, -0.25) is 14.3 Å². The summed E-state index contributed by atoms with van der Waals surface area (Å²) in [5, 5.41) is 12.6. The third-order valence-electron chi connectivity index (χ3n) is 5.88. The Morgan fingerprint density at radius 2 is 1.92 bits per heavy atom. The molecule has 1 aliphatic rings. The van der Waals surface area contributed by atoms with Gasteiger partial charge in [-0.2, -0.15) is 4.80 Å². The molecule has 1 N–H and O–H groups in total.